The number of aromatic nitrogens is 3. The molecule has 3 heterocycles. The summed E-state index contributed by atoms with van der Waals surface area (Å²) in [5, 5.41) is 2.99. The number of halogens is 1. The highest BCUT2D eigenvalue weighted by molar-refractivity contribution is 7.16. The van der Waals surface area contributed by atoms with Crippen LogP contribution in [0.1, 0.15) is 17.4 Å². The summed E-state index contributed by atoms with van der Waals surface area (Å²) < 4.78 is 6.47. The van der Waals surface area contributed by atoms with Crippen molar-refractivity contribution in [3.05, 3.63) is 28.6 Å². The molecule has 7 heteroatoms. The van der Waals surface area contributed by atoms with Gasteiger partial charge in [0.1, 0.15) is 10.5 Å². The first-order valence-electron chi connectivity index (χ1n) is 5.29. The van der Waals surface area contributed by atoms with E-state index in [9.17, 15) is 4.79 Å². The van der Waals surface area contributed by atoms with E-state index >= 15 is 0 Å². The molecule has 0 atom stereocenters. The molecule has 0 N–H and O–H groups in total. The van der Waals surface area contributed by atoms with Gasteiger partial charge >= 0.3 is 5.97 Å². The number of imidazole rings is 1. The van der Waals surface area contributed by atoms with Crippen LogP contribution >= 0.6 is 22.9 Å². The molecule has 0 amide bonds. The molecule has 0 fully saturated rings. The van der Waals surface area contributed by atoms with Gasteiger partial charge in [-0.25, -0.2) is 14.8 Å². The van der Waals surface area contributed by atoms with Crippen molar-refractivity contribution >= 4 is 44.8 Å². The number of thiophene rings is 1. The lowest BCUT2D eigenvalue weighted by atomic mass is 10.4. The van der Waals surface area contributed by atoms with E-state index in [0.717, 1.165) is 10.2 Å². The van der Waals surface area contributed by atoms with Gasteiger partial charge in [-0.2, -0.15) is 0 Å². The Morgan fingerprint density at radius 2 is 2.44 bits per heavy atom. The van der Waals surface area contributed by atoms with Crippen LogP contribution in [0.4, 0.5) is 0 Å². The number of carbonyl (C=O) groups is 1. The molecule has 0 aromatic carbocycles. The molecule has 92 valence electrons. The first-order chi connectivity index (χ1) is 8.72. The lowest BCUT2D eigenvalue weighted by Crippen LogP contribution is -2.08. The van der Waals surface area contributed by atoms with Crippen LogP contribution in [0, 0.1) is 0 Å². The number of ether oxygens (including phenoxy) is 1. The minimum Gasteiger partial charge on any atom is -0.461 e. The maximum absolute atomic E-state index is 11.8. The third-order valence-corrected chi connectivity index (χ3v) is 3.57. The van der Waals surface area contributed by atoms with Crippen molar-refractivity contribution in [3.8, 4) is 0 Å². The number of nitrogens with zero attached hydrogens (tertiary/aromatic N) is 3. The maximum Gasteiger partial charge on any atom is 0.357 e. The zero-order valence-electron chi connectivity index (χ0n) is 9.38. The van der Waals surface area contributed by atoms with Gasteiger partial charge in [0.25, 0.3) is 0 Å². The Balaban J connectivity index is 2.33. The second-order valence-corrected chi connectivity index (χ2v) is 4.78. The molecule has 0 saturated carbocycles. The fourth-order valence-corrected chi connectivity index (χ4v) is 2.83. The Morgan fingerprint density at radius 3 is 3.22 bits per heavy atom. The fourth-order valence-electron chi connectivity index (χ4n) is 1.77. The van der Waals surface area contributed by atoms with Crippen LogP contribution in [-0.2, 0) is 4.74 Å². The van der Waals surface area contributed by atoms with Crippen LogP contribution in [0.3, 0.4) is 0 Å². The topological polar surface area (TPSA) is 56.5 Å². The molecule has 5 nitrogen and oxygen atoms in total. The van der Waals surface area contributed by atoms with E-state index in [1.165, 1.54) is 21.9 Å². The molecule has 0 saturated heterocycles. The number of hydrogen-bond donors (Lipinski definition) is 0. The van der Waals surface area contributed by atoms with Gasteiger partial charge < -0.3 is 4.74 Å². The molecule has 0 spiro atoms. The van der Waals surface area contributed by atoms with Crippen LogP contribution in [0.25, 0.3) is 15.9 Å². The molecule has 0 aliphatic rings. The molecule has 0 bridgehead atoms. The van der Waals surface area contributed by atoms with Crippen molar-refractivity contribution in [1.82, 2.24) is 14.4 Å². The van der Waals surface area contributed by atoms with E-state index in [-0.39, 0.29) is 11.0 Å². The summed E-state index contributed by atoms with van der Waals surface area (Å²) in [6.45, 7) is 2.05. The summed E-state index contributed by atoms with van der Waals surface area (Å²) in [4.78, 5) is 21.0. The Hall–Kier alpha value is -1.66. The number of carbonyl (C=O) groups excluding carboxylic acids is 1. The second-order valence-electron chi connectivity index (χ2n) is 3.54. The van der Waals surface area contributed by atoms with Crippen LogP contribution in [0.15, 0.2) is 17.6 Å². The van der Waals surface area contributed by atoms with Crippen molar-refractivity contribution in [2.75, 3.05) is 6.61 Å². The van der Waals surface area contributed by atoms with Gasteiger partial charge in [0.2, 0.25) is 5.28 Å². The molecule has 3 rings (SSSR count). The summed E-state index contributed by atoms with van der Waals surface area (Å²) in [5.74, 6) is -0.455. The van der Waals surface area contributed by atoms with Crippen molar-refractivity contribution in [2.45, 2.75) is 6.92 Å². The normalized spacial score (nSPS) is 11.2. The largest absolute Gasteiger partial charge is 0.461 e. The fraction of sp³-hybridized carbons (Fsp3) is 0.182. The lowest BCUT2D eigenvalue weighted by Gasteiger charge is -2.03. The Kier molecular flexibility index (Phi) is 2.68. The first kappa shape index (κ1) is 11.4. The molecule has 0 radical (unpaired) electrons. The minimum absolute atomic E-state index is 0.209. The zero-order valence-corrected chi connectivity index (χ0v) is 11.0. The van der Waals surface area contributed by atoms with Crippen molar-refractivity contribution in [2.24, 2.45) is 0 Å². The molecular formula is C11H8ClN3O2S. The van der Waals surface area contributed by atoms with E-state index in [0.29, 0.717) is 12.3 Å². The van der Waals surface area contributed by atoms with Gasteiger partial charge in [0.15, 0.2) is 5.69 Å². The summed E-state index contributed by atoms with van der Waals surface area (Å²) in [5.41, 5.74) is 0.909. The quantitative estimate of drug-likeness (QED) is 0.535. The standard InChI is InChI=1S/C11H8ClN3O2S/c1-2-17-10(16)7-5-13-8-6-3-4-18-9(6)14-11(12)15(7)8/h3-5H,2H2,1H3. The van der Waals surface area contributed by atoms with Gasteiger partial charge in [0.05, 0.1) is 18.2 Å². The highest BCUT2D eigenvalue weighted by atomic mass is 35.5. The lowest BCUT2D eigenvalue weighted by molar-refractivity contribution is 0.0518. The summed E-state index contributed by atoms with van der Waals surface area (Å²) >= 11 is 7.57. The number of esters is 1. The molecule has 18 heavy (non-hydrogen) atoms. The van der Waals surface area contributed by atoms with Crippen molar-refractivity contribution < 1.29 is 9.53 Å². The zero-order chi connectivity index (χ0) is 12.7. The molecular weight excluding hydrogens is 274 g/mol. The van der Waals surface area contributed by atoms with Crippen LogP contribution in [0.5, 0.6) is 0 Å². The first-order valence-corrected chi connectivity index (χ1v) is 6.55. The van der Waals surface area contributed by atoms with Gasteiger partial charge in [-0.15, -0.1) is 11.3 Å². The third-order valence-electron chi connectivity index (χ3n) is 2.51. The molecule has 3 aromatic heterocycles. The Bertz CT molecular complexity index is 749. The molecule has 0 aliphatic carbocycles. The summed E-state index contributed by atoms with van der Waals surface area (Å²) in [6.07, 6.45) is 1.46. The SMILES string of the molecule is CCOC(=O)c1cnc2c3ccsc3nc(Cl)n12. The number of hydrogen-bond acceptors (Lipinski definition) is 5. The third kappa shape index (κ3) is 1.57. The summed E-state index contributed by atoms with van der Waals surface area (Å²) in [6, 6.07) is 1.90. The van der Waals surface area contributed by atoms with E-state index < -0.39 is 5.97 Å². The second kappa shape index (κ2) is 4.22. The van der Waals surface area contributed by atoms with E-state index in [2.05, 4.69) is 9.97 Å². The summed E-state index contributed by atoms with van der Waals surface area (Å²) in [7, 11) is 0. The number of rotatable bonds is 2. The van der Waals surface area contributed by atoms with E-state index in [4.69, 9.17) is 16.3 Å². The Morgan fingerprint density at radius 1 is 1.61 bits per heavy atom. The van der Waals surface area contributed by atoms with Crippen LogP contribution in [-0.4, -0.2) is 26.9 Å². The highest BCUT2D eigenvalue weighted by Gasteiger charge is 2.18. The predicted molar refractivity (Wildman–Crippen MR) is 69.3 cm³/mol. The minimum atomic E-state index is -0.455. The smallest absolute Gasteiger partial charge is 0.357 e. The molecule has 0 unspecified atom stereocenters. The van der Waals surface area contributed by atoms with Gasteiger partial charge in [-0.1, -0.05) is 0 Å². The highest BCUT2D eigenvalue weighted by Crippen LogP contribution is 2.26. The van der Waals surface area contributed by atoms with Gasteiger partial charge in [0, 0.05) is 0 Å². The molecule has 3 aromatic rings. The maximum atomic E-state index is 11.8. The average molecular weight is 282 g/mol. The van der Waals surface area contributed by atoms with Crippen molar-refractivity contribution in [3.63, 3.8) is 0 Å². The van der Waals surface area contributed by atoms with Gasteiger partial charge in [-0.3, -0.25) is 4.40 Å². The average Bonchev–Trinajstić information content (AvgIpc) is 2.93. The van der Waals surface area contributed by atoms with Gasteiger partial charge in [-0.05, 0) is 30.0 Å². The number of fused-ring (bicyclic) bond motifs is 3. The predicted octanol–water partition coefficient (Wildman–Crippen LogP) is 2.77. The van der Waals surface area contributed by atoms with Crippen LogP contribution in [0.2, 0.25) is 5.28 Å². The Labute approximate surface area is 111 Å². The molecule has 0 aliphatic heterocycles. The van der Waals surface area contributed by atoms with E-state index in [1.54, 1.807) is 6.92 Å². The monoisotopic (exact) mass is 281 g/mol. The van der Waals surface area contributed by atoms with E-state index in [1.807, 2.05) is 11.4 Å². The van der Waals surface area contributed by atoms with Crippen molar-refractivity contribution in [1.29, 1.82) is 0 Å². The van der Waals surface area contributed by atoms with Crippen LogP contribution < -0.4 is 0 Å².